The van der Waals surface area contributed by atoms with Gasteiger partial charge in [0.05, 0.1) is 6.54 Å². The first-order chi connectivity index (χ1) is 9.13. The number of thiazole rings is 1. The van der Waals surface area contributed by atoms with E-state index in [4.69, 9.17) is 9.83 Å². The van der Waals surface area contributed by atoms with E-state index >= 15 is 0 Å². The molecule has 2 aromatic heterocycles. The summed E-state index contributed by atoms with van der Waals surface area (Å²) in [6, 6.07) is 7.31. The second kappa shape index (κ2) is 4.51. The van der Waals surface area contributed by atoms with E-state index < -0.39 is 0 Å². The molecule has 5 heteroatoms. The first-order valence-corrected chi connectivity index (χ1v) is 6.73. The summed E-state index contributed by atoms with van der Waals surface area (Å²) in [7, 11) is 0. The SMILES string of the molecule is Cc1ccc2c(Cn3ccsc3=N)cc(=O)oc2c1. The minimum atomic E-state index is -0.351. The summed E-state index contributed by atoms with van der Waals surface area (Å²) in [4.78, 5) is 12.1. The molecule has 0 saturated carbocycles. The highest BCUT2D eigenvalue weighted by atomic mass is 32.1. The van der Waals surface area contributed by atoms with E-state index in [0.717, 1.165) is 16.5 Å². The van der Waals surface area contributed by atoms with Gasteiger partial charge in [-0.2, -0.15) is 0 Å². The first kappa shape index (κ1) is 11.9. The third-order valence-electron chi connectivity index (χ3n) is 3.01. The zero-order valence-electron chi connectivity index (χ0n) is 10.3. The molecular formula is C14H12N2O2S. The van der Waals surface area contributed by atoms with E-state index in [2.05, 4.69) is 0 Å². The zero-order chi connectivity index (χ0) is 13.4. The molecule has 0 aliphatic heterocycles. The maximum Gasteiger partial charge on any atom is 0.336 e. The number of hydrogen-bond acceptors (Lipinski definition) is 4. The highest BCUT2D eigenvalue weighted by Crippen LogP contribution is 2.19. The molecule has 0 aliphatic carbocycles. The normalized spacial score (nSPS) is 11.0. The smallest absolute Gasteiger partial charge is 0.336 e. The maximum atomic E-state index is 11.6. The Balaban J connectivity index is 2.20. The summed E-state index contributed by atoms with van der Waals surface area (Å²) >= 11 is 1.36. The van der Waals surface area contributed by atoms with Crippen molar-refractivity contribution >= 4 is 22.3 Å². The van der Waals surface area contributed by atoms with Gasteiger partial charge in [0.2, 0.25) is 0 Å². The van der Waals surface area contributed by atoms with Crippen LogP contribution in [0, 0.1) is 12.3 Å². The Kier molecular flexibility index (Phi) is 2.83. The fraction of sp³-hybridized carbons (Fsp3) is 0.143. The van der Waals surface area contributed by atoms with Crippen LogP contribution in [-0.4, -0.2) is 4.57 Å². The Bertz CT molecular complexity index is 857. The predicted octanol–water partition coefficient (Wildman–Crippen LogP) is 2.49. The molecule has 0 saturated heterocycles. The summed E-state index contributed by atoms with van der Waals surface area (Å²) in [6.45, 7) is 2.47. The zero-order valence-corrected chi connectivity index (χ0v) is 11.2. The van der Waals surface area contributed by atoms with E-state index in [9.17, 15) is 4.79 Å². The van der Waals surface area contributed by atoms with Gasteiger partial charge in [0, 0.05) is 23.0 Å². The molecule has 1 N–H and O–H groups in total. The molecule has 0 fully saturated rings. The predicted molar refractivity (Wildman–Crippen MR) is 74.5 cm³/mol. The standard InChI is InChI=1S/C14H12N2O2S/c1-9-2-3-11-10(7-13(17)18-12(11)6-9)8-16-4-5-19-14(16)15/h2-7,15H,8H2,1H3. The maximum absolute atomic E-state index is 11.6. The van der Waals surface area contributed by atoms with E-state index in [-0.39, 0.29) is 5.63 Å². The lowest BCUT2D eigenvalue weighted by Gasteiger charge is -2.06. The summed E-state index contributed by atoms with van der Waals surface area (Å²) in [5.74, 6) is 0. The minimum Gasteiger partial charge on any atom is -0.423 e. The third-order valence-corrected chi connectivity index (χ3v) is 3.72. The van der Waals surface area contributed by atoms with Gasteiger partial charge in [0.25, 0.3) is 0 Å². The van der Waals surface area contributed by atoms with Crippen LogP contribution in [0.2, 0.25) is 0 Å². The lowest BCUT2D eigenvalue weighted by atomic mass is 10.1. The molecule has 1 aromatic carbocycles. The van der Waals surface area contributed by atoms with Gasteiger partial charge < -0.3 is 8.98 Å². The molecule has 0 unspecified atom stereocenters. The van der Waals surface area contributed by atoms with Crippen molar-refractivity contribution in [1.29, 1.82) is 5.41 Å². The van der Waals surface area contributed by atoms with Crippen molar-refractivity contribution in [2.45, 2.75) is 13.5 Å². The molecule has 2 heterocycles. The Hall–Kier alpha value is -2.14. The average molecular weight is 272 g/mol. The molecule has 0 bridgehead atoms. The number of rotatable bonds is 2. The van der Waals surface area contributed by atoms with Crippen molar-refractivity contribution < 1.29 is 4.42 Å². The van der Waals surface area contributed by atoms with Gasteiger partial charge in [0.15, 0.2) is 4.80 Å². The van der Waals surface area contributed by atoms with Crippen LogP contribution >= 0.6 is 11.3 Å². The van der Waals surface area contributed by atoms with Gasteiger partial charge in [-0.05, 0) is 24.1 Å². The quantitative estimate of drug-likeness (QED) is 0.729. The van der Waals surface area contributed by atoms with Gasteiger partial charge in [0.1, 0.15) is 5.58 Å². The summed E-state index contributed by atoms with van der Waals surface area (Å²) in [5, 5.41) is 10.6. The van der Waals surface area contributed by atoms with Gasteiger partial charge in [-0.1, -0.05) is 12.1 Å². The van der Waals surface area contributed by atoms with Gasteiger partial charge >= 0.3 is 5.63 Å². The van der Waals surface area contributed by atoms with Crippen LogP contribution in [-0.2, 0) is 6.54 Å². The number of fused-ring (bicyclic) bond motifs is 1. The molecule has 19 heavy (non-hydrogen) atoms. The van der Waals surface area contributed by atoms with Crippen LogP contribution in [0.1, 0.15) is 11.1 Å². The van der Waals surface area contributed by atoms with Gasteiger partial charge in [-0.3, -0.25) is 5.41 Å². The molecule has 3 rings (SSSR count). The van der Waals surface area contributed by atoms with Crippen LogP contribution in [0.5, 0.6) is 0 Å². The molecule has 0 amide bonds. The summed E-state index contributed by atoms with van der Waals surface area (Å²) in [6.07, 6.45) is 1.85. The lowest BCUT2D eigenvalue weighted by molar-refractivity contribution is 0.557. The fourth-order valence-corrected chi connectivity index (χ4v) is 2.68. The number of aromatic nitrogens is 1. The van der Waals surface area contributed by atoms with Crippen LogP contribution in [0.3, 0.4) is 0 Å². The van der Waals surface area contributed by atoms with Crippen molar-refractivity contribution in [2.75, 3.05) is 0 Å². The van der Waals surface area contributed by atoms with Crippen LogP contribution < -0.4 is 10.4 Å². The number of benzene rings is 1. The molecule has 0 spiro atoms. The molecular weight excluding hydrogens is 260 g/mol. The van der Waals surface area contributed by atoms with Gasteiger partial charge in [-0.15, -0.1) is 11.3 Å². The van der Waals surface area contributed by atoms with Crippen molar-refractivity contribution in [1.82, 2.24) is 4.57 Å². The Morgan fingerprint density at radius 1 is 1.37 bits per heavy atom. The topological polar surface area (TPSA) is 59.0 Å². The number of nitrogens with zero attached hydrogens (tertiary/aromatic N) is 1. The fourth-order valence-electron chi connectivity index (χ4n) is 2.08. The highest BCUT2D eigenvalue weighted by Gasteiger charge is 2.07. The molecule has 0 aliphatic rings. The molecule has 3 aromatic rings. The van der Waals surface area contributed by atoms with Crippen molar-refractivity contribution in [3.63, 3.8) is 0 Å². The second-order valence-electron chi connectivity index (χ2n) is 4.43. The van der Waals surface area contributed by atoms with E-state index in [1.807, 2.05) is 36.7 Å². The van der Waals surface area contributed by atoms with Crippen molar-refractivity contribution in [3.05, 3.63) is 62.2 Å². The highest BCUT2D eigenvalue weighted by molar-refractivity contribution is 7.06. The average Bonchev–Trinajstić information content (AvgIpc) is 2.74. The lowest BCUT2D eigenvalue weighted by Crippen LogP contribution is -2.14. The third kappa shape index (κ3) is 2.24. The Labute approximate surface area is 113 Å². The van der Waals surface area contributed by atoms with Crippen LogP contribution in [0.4, 0.5) is 0 Å². The Morgan fingerprint density at radius 2 is 2.21 bits per heavy atom. The largest absolute Gasteiger partial charge is 0.423 e. The second-order valence-corrected chi connectivity index (χ2v) is 5.32. The van der Waals surface area contributed by atoms with Crippen molar-refractivity contribution in [3.8, 4) is 0 Å². The van der Waals surface area contributed by atoms with Crippen LogP contribution in [0.15, 0.2) is 45.1 Å². The van der Waals surface area contributed by atoms with E-state index in [1.54, 1.807) is 4.57 Å². The summed E-state index contributed by atoms with van der Waals surface area (Å²) < 4.78 is 7.03. The van der Waals surface area contributed by atoms with E-state index in [0.29, 0.717) is 16.9 Å². The van der Waals surface area contributed by atoms with Crippen LogP contribution in [0.25, 0.3) is 11.0 Å². The van der Waals surface area contributed by atoms with Crippen molar-refractivity contribution in [2.24, 2.45) is 0 Å². The molecule has 0 radical (unpaired) electrons. The molecule has 96 valence electrons. The summed E-state index contributed by atoms with van der Waals surface area (Å²) in [5.41, 5.74) is 2.18. The van der Waals surface area contributed by atoms with Gasteiger partial charge in [-0.25, -0.2) is 4.79 Å². The number of hydrogen-bond donors (Lipinski definition) is 1. The molecule has 0 atom stereocenters. The first-order valence-electron chi connectivity index (χ1n) is 5.85. The molecule has 4 nitrogen and oxygen atoms in total. The minimum absolute atomic E-state index is 0.351. The van der Waals surface area contributed by atoms with E-state index in [1.165, 1.54) is 17.4 Å². The monoisotopic (exact) mass is 272 g/mol. The number of nitrogens with one attached hydrogen (secondary N) is 1. The number of aryl methyl sites for hydroxylation is 1. The Morgan fingerprint density at radius 3 is 2.95 bits per heavy atom.